The van der Waals surface area contributed by atoms with Gasteiger partial charge in [-0.25, -0.2) is 0 Å². The molecule has 6 nitrogen and oxygen atoms in total. The van der Waals surface area contributed by atoms with Crippen molar-refractivity contribution in [2.24, 2.45) is 5.92 Å². The minimum atomic E-state index is -0.0674. The number of nitrogens with zero attached hydrogens (tertiary/aromatic N) is 3. The van der Waals surface area contributed by atoms with E-state index in [1.165, 1.54) is 5.56 Å². The second-order valence-electron chi connectivity index (χ2n) is 8.42. The summed E-state index contributed by atoms with van der Waals surface area (Å²) in [5, 5.41) is 3.26. The zero-order valence-corrected chi connectivity index (χ0v) is 17.3. The number of carbonyl (C=O) groups is 2. The molecule has 2 saturated heterocycles. The van der Waals surface area contributed by atoms with E-state index in [9.17, 15) is 9.59 Å². The predicted molar refractivity (Wildman–Crippen MR) is 111 cm³/mol. The third-order valence-electron chi connectivity index (χ3n) is 5.87. The number of benzene rings is 1. The molecule has 2 aliphatic heterocycles. The molecule has 0 bridgehead atoms. The van der Waals surface area contributed by atoms with Gasteiger partial charge in [-0.1, -0.05) is 30.3 Å². The summed E-state index contributed by atoms with van der Waals surface area (Å²) in [5.41, 5.74) is 1.34. The summed E-state index contributed by atoms with van der Waals surface area (Å²) < 4.78 is 0. The largest absolute Gasteiger partial charge is 0.353 e. The molecule has 2 amide bonds. The van der Waals surface area contributed by atoms with Gasteiger partial charge in [0.15, 0.2) is 0 Å². The second kappa shape index (κ2) is 10.0. The number of piperidine rings is 2. The van der Waals surface area contributed by atoms with Crippen LogP contribution in [0.5, 0.6) is 0 Å². The summed E-state index contributed by atoms with van der Waals surface area (Å²) in [5.74, 6) is 0.242. The van der Waals surface area contributed by atoms with Crippen LogP contribution in [0.15, 0.2) is 30.3 Å². The maximum atomic E-state index is 12.8. The first-order chi connectivity index (χ1) is 13.5. The molecule has 0 aliphatic carbocycles. The normalized spacial score (nSPS) is 21.9. The standard InChI is InChI=1S/C22H34N4O2/c1-24(2)14-15-26-17-19(8-9-21(26)27)22(28)23-20-10-12-25(13-11-20)16-18-6-4-3-5-7-18/h3-7,19-20H,8-17H2,1-2H3,(H,23,28)/t19-/m1/s1. The molecule has 0 spiro atoms. The minimum Gasteiger partial charge on any atom is -0.353 e. The van der Waals surface area contributed by atoms with Crippen LogP contribution in [0.2, 0.25) is 0 Å². The van der Waals surface area contributed by atoms with Crippen molar-refractivity contribution < 1.29 is 9.59 Å². The van der Waals surface area contributed by atoms with Gasteiger partial charge in [0, 0.05) is 51.7 Å². The molecule has 0 unspecified atom stereocenters. The van der Waals surface area contributed by atoms with Crippen LogP contribution in [0.3, 0.4) is 0 Å². The molecule has 2 aliphatic rings. The Labute approximate surface area is 168 Å². The quantitative estimate of drug-likeness (QED) is 0.773. The van der Waals surface area contributed by atoms with Gasteiger partial charge in [-0.05, 0) is 38.9 Å². The van der Waals surface area contributed by atoms with Gasteiger partial charge in [-0.15, -0.1) is 0 Å². The molecular weight excluding hydrogens is 352 g/mol. The monoisotopic (exact) mass is 386 g/mol. The van der Waals surface area contributed by atoms with Gasteiger partial charge in [-0.2, -0.15) is 0 Å². The van der Waals surface area contributed by atoms with Crippen molar-refractivity contribution in [1.82, 2.24) is 20.0 Å². The molecule has 0 aromatic heterocycles. The molecule has 154 valence electrons. The molecule has 1 aromatic rings. The molecule has 2 fully saturated rings. The molecule has 1 atom stereocenters. The van der Waals surface area contributed by atoms with Crippen molar-refractivity contribution in [3.63, 3.8) is 0 Å². The van der Waals surface area contributed by atoms with Gasteiger partial charge >= 0.3 is 0 Å². The third kappa shape index (κ3) is 6.04. The molecule has 1 N–H and O–H groups in total. The summed E-state index contributed by atoms with van der Waals surface area (Å²) >= 11 is 0. The van der Waals surface area contributed by atoms with Crippen molar-refractivity contribution in [2.75, 3.05) is 46.8 Å². The fraction of sp³-hybridized carbons (Fsp3) is 0.636. The van der Waals surface area contributed by atoms with Crippen LogP contribution in [0.4, 0.5) is 0 Å². The van der Waals surface area contributed by atoms with Gasteiger partial charge in [0.05, 0.1) is 5.92 Å². The Balaban J connectivity index is 1.42. The average Bonchev–Trinajstić information content (AvgIpc) is 2.69. The van der Waals surface area contributed by atoms with E-state index in [4.69, 9.17) is 0 Å². The van der Waals surface area contributed by atoms with Crippen molar-refractivity contribution in [3.05, 3.63) is 35.9 Å². The first kappa shape index (κ1) is 20.8. The SMILES string of the molecule is CN(C)CCN1C[C@H](C(=O)NC2CCN(Cc3ccccc3)CC2)CCC1=O. The van der Waals surface area contributed by atoms with E-state index in [0.717, 1.165) is 39.0 Å². The van der Waals surface area contributed by atoms with Crippen molar-refractivity contribution in [1.29, 1.82) is 0 Å². The van der Waals surface area contributed by atoms with E-state index in [2.05, 4.69) is 39.4 Å². The number of carbonyl (C=O) groups excluding carboxylic acids is 2. The maximum Gasteiger partial charge on any atom is 0.225 e. The lowest BCUT2D eigenvalue weighted by Crippen LogP contribution is -2.51. The number of likely N-dealkylation sites (tertiary alicyclic amines) is 2. The lowest BCUT2D eigenvalue weighted by Gasteiger charge is -2.35. The number of amides is 2. The van der Waals surface area contributed by atoms with Gasteiger partial charge in [0.25, 0.3) is 0 Å². The van der Waals surface area contributed by atoms with Gasteiger partial charge in [0.2, 0.25) is 11.8 Å². The fourth-order valence-electron chi connectivity index (χ4n) is 4.06. The molecule has 6 heteroatoms. The van der Waals surface area contributed by atoms with Crippen LogP contribution in [-0.4, -0.2) is 79.4 Å². The van der Waals surface area contributed by atoms with Crippen molar-refractivity contribution in [2.45, 2.75) is 38.3 Å². The third-order valence-corrected chi connectivity index (χ3v) is 5.87. The molecule has 3 rings (SSSR count). The highest BCUT2D eigenvalue weighted by Crippen LogP contribution is 2.19. The molecule has 2 heterocycles. The Morgan fingerprint density at radius 1 is 1.14 bits per heavy atom. The van der Waals surface area contributed by atoms with E-state index in [0.29, 0.717) is 25.9 Å². The van der Waals surface area contributed by atoms with Crippen LogP contribution >= 0.6 is 0 Å². The molecule has 28 heavy (non-hydrogen) atoms. The van der Waals surface area contributed by atoms with Crippen molar-refractivity contribution in [3.8, 4) is 0 Å². The smallest absolute Gasteiger partial charge is 0.225 e. The highest BCUT2D eigenvalue weighted by molar-refractivity contribution is 5.84. The number of likely N-dealkylation sites (N-methyl/N-ethyl adjacent to an activating group) is 1. The fourth-order valence-corrected chi connectivity index (χ4v) is 4.06. The molecular formula is C22H34N4O2. The van der Waals surface area contributed by atoms with E-state index in [1.54, 1.807) is 0 Å². The minimum absolute atomic E-state index is 0.0674. The lowest BCUT2D eigenvalue weighted by molar-refractivity contribution is -0.138. The van der Waals surface area contributed by atoms with Crippen molar-refractivity contribution >= 4 is 11.8 Å². The van der Waals surface area contributed by atoms with Gasteiger partial charge < -0.3 is 15.1 Å². The molecule has 0 saturated carbocycles. The topological polar surface area (TPSA) is 55.9 Å². The first-order valence-corrected chi connectivity index (χ1v) is 10.5. The molecule has 1 aromatic carbocycles. The van der Waals surface area contributed by atoms with Crippen LogP contribution in [0.1, 0.15) is 31.2 Å². The number of hydrogen-bond donors (Lipinski definition) is 1. The zero-order chi connectivity index (χ0) is 19.9. The summed E-state index contributed by atoms with van der Waals surface area (Å²) in [7, 11) is 4.01. The first-order valence-electron chi connectivity index (χ1n) is 10.5. The Hall–Kier alpha value is -1.92. The second-order valence-corrected chi connectivity index (χ2v) is 8.42. The highest BCUT2D eigenvalue weighted by atomic mass is 16.2. The van der Waals surface area contributed by atoms with E-state index in [-0.39, 0.29) is 23.8 Å². The number of hydrogen-bond acceptors (Lipinski definition) is 4. The maximum absolute atomic E-state index is 12.8. The summed E-state index contributed by atoms with van der Waals surface area (Å²) in [6, 6.07) is 10.8. The average molecular weight is 387 g/mol. The Morgan fingerprint density at radius 2 is 1.86 bits per heavy atom. The Kier molecular flexibility index (Phi) is 7.45. The Bertz CT molecular complexity index is 641. The Morgan fingerprint density at radius 3 is 2.54 bits per heavy atom. The highest BCUT2D eigenvalue weighted by Gasteiger charge is 2.31. The van der Waals surface area contributed by atoms with E-state index in [1.807, 2.05) is 25.1 Å². The summed E-state index contributed by atoms with van der Waals surface area (Å²) in [6.07, 6.45) is 3.15. The predicted octanol–water partition coefficient (Wildman–Crippen LogP) is 1.57. The zero-order valence-electron chi connectivity index (χ0n) is 17.3. The summed E-state index contributed by atoms with van der Waals surface area (Å²) in [6.45, 7) is 5.10. The lowest BCUT2D eigenvalue weighted by atomic mass is 9.95. The number of rotatable bonds is 7. The number of nitrogens with one attached hydrogen (secondary N) is 1. The van der Waals surface area contributed by atoms with E-state index >= 15 is 0 Å². The van der Waals surface area contributed by atoms with Crippen LogP contribution < -0.4 is 5.32 Å². The summed E-state index contributed by atoms with van der Waals surface area (Å²) in [4.78, 5) is 31.3. The van der Waals surface area contributed by atoms with Crippen LogP contribution in [-0.2, 0) is 16.1 Å². The van der Waals surface area contributed by atoms with Crippen LogP contribution in [0, 0.1) is 5.92 Å². The van der Waals surface area contributed by atoms with Crippen LogP contribution in [0.25, 0.3) is 0 Å². The molecule has 0 radical (unpaired) electrons. The van der Waals surface area contributed by atoms with E-state index < -0.39 is 0 Å². The van der Waals surface area contributed by atoms with Gasteiger partial charge in [-0.3, -0.25) is 14.5 Å². The van der Waals surface area contributed by atoms with Gasteiger partial charge in [0.1, 0.15) is 0 Å².